The fourth-order valence-corrected chi connectivity index (χ4v) is 6.32. The quantitative estimate of drug-likeness (QED) is 0.426. The number of thiophene rings is 1. The smallest absolute Gasteiger partial charge is 0.408 e. The molecule has 37 heavy (non-hydrogen) atoms. The number of aryl methyl sites for hydroxylation is 1. The minimum absolute atomic E-state index is 0.0272. The highest BCUT2D eigenvalue weighted by atomic mass is 32.1. The van der Waals surface area contributed by atoms with Crippen LogP contribution in [0.1, 0.15) is 79.3 Å². The van der Waals surface area contributed by atoms with Gasteiger partial charge in [-0.25, -0.2) is 9.59 Å². The zero-order valence-corrected chi connectivity index (χ0v) is 22.6. The van der Waals surface area contributed by atoms with Crippen LogP contribution in [0.4, 0.5) is 4.79 Å². The summed E-state index contributed by atoms with van der Waals surface area (Å²) in [6.07, 6.45) is 5.88. The number of nitrogens with one attached hydrogen (secondary N) is 1. The third-order valence-corrected chi connectivity index (χ3v) is 8.07. The van der Waals surface area contributed by atoms with Crippen molar-refractivity contribution in [3.05, 3.63) is 50.6 Å². The highest BCUT2D eigenvalue weighted by molar-refractivity contribution is 7.15. The molecule has 2 aliphatic rings. The third-order valence-electron chi connectivity index (χ3n) is 6.75. The number of amides is 1. The Morgan fingerprint density at radius 3 is 2.54 bits per heavy atom. The minimum Gasteiger partial charge on any atom is -0.494 e. The van der Waals surface area contributed by atoms with E-state index in [0.717, 1.165) is 47.4 Å². The van der Waals surface area contributed by atoms with E-state index in [9.17, 15) is 14.4 Å². The molecule has 0 radical (unpaired) electrons. The molecular weight excluding hydrogens is 492 g/mol. The molecule has 3 aromatic rings. The minimum atomic E-state index is -0.640. The molecule has 0 spiro atoms. The molecule has 0 bridgehead atoms. The molecule has 196 valence electrons. The van der Waals surface area contributed by atoms with Crippen LogP contribution in [0.5, 0.6) is 5.75 Å². The maximum Gasteiger partial charge on any atom is 0.408 e. The summed E-state index contributed by atoms with van der Waals surface area (Å²) in [5, 5.41) is 3.48. The van der Waals surface area contributed by atoms with Gasteiger partial charge in [0.2, 0.25) is 5.43 Å². The van der Waals surface area contributed by atoms with E-state index in [1.54, 1.807) is 30.7 Å². The van der Waals surface area contributed by atoms with Crippen molar-refractivity contribution in [1.82, 2.24) is 9.88 Å². The molecule has 1 atom stereocenters. The number of carbonyl (C=O) groups excluding carboxylic acids is 2. The van der Waals surface area contributed by atoms with Gasteiger partial charge >= 0.3 is 12.1 Å². The Labute approximate surface area is 219 Å². The zero-order chi connectivity index (χ0) is 26.5. The maximum atomic E-state index is 13.2. The number of esters is 1. The second kappa shape index (κ2) is 9.52. The number of pyridine rings is 1. The summed E-state index contributed by atoms with van der Waals surface area (Å²) in [4.78, 5) is 40.1. The van der Waals surface area contributed by atoms with E-state index in [2.05, 4.69) is 11.4 Å². The van der Waals surface area contributed by atoms with Crippen LogP contribution in [0.15, 0.2) is 29.2 Å². The molecular formula is C28H32N2O6S. The lowest BCUT2D eigenvalue weighted by atomic mass is 9.94. The van der Waals surface area contributed by atoms with E-state index in [4.69, 9.17) is 14.2 Å². The average molecular weight is 525 g/mol. The SMILES string of the molecule is COC(=O)c1cn(C2CC2)c2c(OC)c(-c3cc4c(s3)C(NC(=O)OC(C)(C)C)CCC4)ccc2c1=O. The van der Waals surface area contributed by atoms with E-state index in [1.165, 1.54) is 12.7 Å². The third kappa shape index (κ3) is 4.84. The Balaban J connectivity index is 1.59. The zero-order valence-electron chi connectivity index (χ0n) is 21.8. The Bertz CT molecular complexity index is 1440. The fourth-order valence-electron chi connectivity index (χ4n) is 5.00. The van der Waals surface area contributed by atoms with Crippen molar-refractivity contribution in [3.63, 3.8) is 0 Å². The van der Waals surface area contributed by atoms with Crippen molar-refractivity contribution in [3.8, 4) is 16.2 Å². The number of carbonyl (C=O) groups is 2. The largest absolute Gasteiger partial charge is 0.494 e. The molecule has 9 heteroatoms. The van der Waals surface area contributed by atoms with Gasteiger partial charge in [-0.1, -0.05) is 0 Å². The molecule has 5 rings (SSSR count). The second-order valence-corrected chi connectivity index (χ2v) is 11.7. The van der Waals surface area contributed by atoms with Gasteiger partial charge in [-0.15, -0.1) is 11.3 Å². The van der Waals surface area contributed by atoms with Crippen molar-refractivity contribution >= 4 is 34.3 Å². The number of hydrogen-bond acceptors (Lipinski definition) is 7. The van der Waals surface area contributed by atoms with Crippen LogP contribution in [0.2, 0.25) is 0 Å². The van der Waals surface area contributed by atoms with Gasteiger partial charge < -0.3 is 24.1 Å². The molecule has 1 amide bonds. The Morgan fingerprint density at radius 1 is 1.14 bits per heavy atom. The standard InChI is InChI=1S/C28H32N2O6S/c1-28(2,3)36-27(33)29-20-8-6-7-15-13-21(37-25(15)20)17-11-12-18-22(24(17)34-4)30(16-9-10-16)14-19(23(18)31)26(32)35-5/h11-14,16,20H,6-10H2,1-5H3,(H,29,33). The highest BCUT2D eigenvalue weighted by Crippen LogP contribution is 2.46. The summed E-state index contributed by atoms with van der Waals surface area (Å²) in [7, 11) is 2.88. The summed E-state index contributed by atoms with van der Waals surface area (Å²) in [5.41, 5.74) is 1.87. The van der Waals surface area contributed by atoms with Crippen molar-refractivity contribution in [2.75, 3.05) is 14.2 Å². The first-order valence-electron chi connectivity index (χ1n) is 12.6. The van der Waals surface area contributed by atoms with Gasteiger partial charge in [0.15, 0.2) is 5.75 Å². The molecule has 0 aliphatic heterocycles. The van der Waals surface area contributed by atoms with Crippen LogP contribution >= 0.6 is 11.3 Å². The number of hydrogen-bond donors (Lipinski definition) is 1. The molecule has 2 aliphatic carbocycles. The maximum absolute atomic E-state index is 13.2. The number of rotatable bonds is 5. The first-order chi connectivity index (χ1) is 17.6. The number of fused-ring (bicyclic) bond motifs is 2. The van der Waals surface area contributed by atoms with Crippen LogP contribution in [0, 0.1) is 0 Å². The van der Waals surface area contributed by atoms with E-state index >= 15 is 0 Å². The van der Waals surface area contributed by atoms with Gasteiger partial charge in [0, 0.05) is 27.6 Å². The van der Waals surface area contributed by atoms with Crippen molar-refractivity contribution < 1.29 is 23.8 Å². The molecule has 8 nitrogen and oxygen atoms in total. The first-order valence-corrected chi connectivity index (χ1v) is 13.4. The fraction of sp³-hybridized carbons (Fsp3) is 0.464. The summed E-state index contributed by atoms with van der Waals surface area (Å²) >= 11 is 1.63. The van der Waals surface area contributed by atoms with E-state index in [0.29, 0.717) is 16.7 Å². The summed E-state index contributed by atoms with van der Waals surface area (Å²) < 4.78 is 18.3. The molecule has 0 saturated heterocycles. The number of ether oxygens (including phenoxy) is 3. The predicted molar refractivity (Wildman–Crippen MR) is 143 cm³/mol. The van der Waals surface area contributed by atoms with Crippen LogP contribution in [-0.4, -0.2) is 36.5 Å². The molecule has 1 fully saturated rings. The Morgan fingerprint density at radius 2 is 1.89 bits per heavy atom. The monoisotopic (exact) mass is 524 g/mol. The molecule has 1 saturated carbocycles. The number of benzene rings is 1. The summed E-state index contributed by atoms with van der Waals surface area (Å²) in [6, 6.07) is 5.91. The van der Waals surface area contributed by atoms with Gasteiger partial charge in [-0.3, -0.25) is 4.79 Å². The van der Waals surface area contributed by atoms with Crippen LogP contribution in [0.3, 0.4) is 0 Å². The van der Waals surface area contributed by atoms with Crippen LogP contribution in [0.25, 0.3) is 21.3 Å². The lowest BCUT2D eigenvalue weighted by molar-refractivity contribution is 0.0499. The van der Waals surface area contributed by atoms with Gasteiger partial charge in [0.1, 0.15) is 11.2 Å². The van der Waals surface area contributed by atoms with Crippen LogP contribution < -0.4 is 15.5 Å². The molecule has 1 unspecified atom stereocenters. The first kappa shape index (κ1) is 25.3. The van der Waals surface area contributed by atoms with Gasteiger partial charge in [-0.05, 0) is 76.6 Å². The van der Waals surface area contributed by atoms with E-state index < -0.39 is 17.7 Å². The normalized spacial score (nSPS) is 17.3. The van der Waals surface area contributed by atoms with Crippen molar-refractivity contribution in [2.24, 2.45) is 0 Å². The van der Waals surface area contributed by atoms with Crippen molar-refractivity contribution in [2.45, 2.75) is 70.6 Å². The molecule has 1 N–H and O–H groups in total. The molecule has 2 heterocycles. The van der Waals surface area contributed by atoms with Crippen molar-refractivity contribution in [1.29, 1.82) is 0 Å². The second-order valence-electron chi connectivity index (χ2n) is 10.6. The van der Waals surface area contributed by atoms with E-state index in [1.807, 2.05) is 31.4 Å². The van der Waals surface area contributed by atoms with Gasteiger partial charge in [0.25, 0.3) is 0 Å². The number of alkyl carbamates (subject to hydrolysis) is 1. The highest BCUT2D eigenvalue weighted by Gasteiger charge is 2.31. The Kier molecular flexibility index (Phi) is 6.52. The predicted octanol–water partition coefficient (Wildman–Crippen LogP) is 5.76. The molecule has 2 aromatic heterocycles. The average Bonchev–Trinajstić information content (AvgIpc) is 3.59. The topological polar surface area (TPSA) is 95.9 Å². The Hall–Kier alpha value is -3.33. The van der Waals surface area contributed by atoms with Gasteiger partial charge in [-0.2, -0.15) is 0 Å². The van der Waals surface area contributed by atoms with E-state index in [-0.39, 0.29) is 23.1 Å². The summed E-state index contributed by atoms with van der Waals surface area (Å²) in [5.74, 6) is -0.0352. The lowest BCUT2D eigenvalue weighted by Crippen LogP contribution is -2.35. The number of aromatic nitrogens is 1. The lowest BCUT2D eigenvalue weighted by Gasteiger charge is -2.26. The van der Waals surface area contributed by atoms with Crippen LogP contribution in [-0.2, 0) is 15.9 Å². The number of methoxy groups -OCH3 is 2. The molecule has 1 aromatic carbocycles. The summed E-state index contributed by atoms with van der Waals surface area (Å²) in [6.45, 7) is 5.55. The van der Waals surface area contributed by atoms with Gasteiger partial charge in [0.05, 0.1) is 31.2 Å². The number of nitrogens with zero attached hydrogens (tertiary/aromatic N) is 1.